The molecule has 2 nitrogen and oxygen atoms in total. The molecule has 2 N–H and O–H groups in total. The second kappa shape index (κ2) is 7.58. The zero-order valence-corrected chi connectivity index (χ0v) is 14.3. The molecule has 1 aliphatic carbocycles. The van der Waals surface area contributed by atoms with Crippen LogP contribution < -0.4 is 5.73 Å². The summed E-state index contributed by atoms with van der Waals surface area (Å²) >= 11 is 3.49. The Labute approximate surface area is 131 Å². The second-order valence-corrected chi connectivity index (χ2v) is 7.28. The highest BCUT2D eigenvalue weighted by molar-refractivity contribution is 9.10. The summed E-state index contributed by atoms with van der Waals surface area (Å²) in [6, 6.07) is 9.13. The van der Waals surface area contributed by atoms with Gasteiger partial charge in [0.2, 0.25) is 0 Å². The van der Waals surface area contributed by atoms with Gasteiger partial charge in [-0.2, -0.15) is 0 Å². The van der Waals surface area contributed by atoms with Crippen molar-refractivity contribution < 1.29 is 0 Å². The minimum Gasteiger partial charge on any atom is -0.329 e. The highest BCUT2D eigenvalue weighted by Gasteiger charge is 2.27. The Morgan fingerprint density at radius 1 is 1.20 bits per heavy atom. The van der Waals surface area contributed by atoms with Crippen molar-refractivity contribution in [2.45, 2.75) is 45.2 Å². The van der Waals surface area contributed by atoms with E-state index in [9.17, 15) is 0 Å². The van der Waals surface area contributed by atoms with Crippen molar-refractivity contribution in [2.75, 3.05) is 13.6 Å². The minimum absolute atomic E-state index is 0.520. The minimum atomic E-state index is 0.520. The maximum absolute atomic E-state index is 6.07. The van der Waals surface area contributed by atoms with E-state index in [-0.39, 0.29) is 0 Å². The van der Waals surface area contributed by atoms with Gasteiger partial charge in [0.25, 0.3) is 0 Å². The molecule has 0 spiro atoms. The van der Waals surface area contributed by atoms with E-state index in [0.717, 1.165) is 29.4 Å². The molecule has 2 rings (SSSR count). The topological polar surface area (TPSA) is 29.3 Å². The highest BCUT2D eigenvalue weighted by atomic mass is 79.9. The average molecular weight is 339 g/mol. The Morgan fingerprint density at radius 3 is 2.35 bits per heavy atom. The predicted molar refractivity (Wildman–Crippen MR) is 89.6 cm³/mol. The summed E-state index contributed by atoms with van der Waals surface area (Å²) in [7, 11) is 2.22. The van der Waals surface area contributed by atoms with Crippen LogP contribution in [0.15, 0.2) is 28.7 Å². The van der Waals surface area contributed by atoms with Crippen molar-refractivity contribution in [3.8, 4) is 0 Å². The fourth-order valence-corrected chi connectivity index (χ4v) is 3.66. The molecule has 1 aliphatic rings. The van der Waals surface area contributed by atoms with Crippen LogP contribution in [0.2, 0.25) is 0 Å². The van der Waals surface area contributed by atoms with E-state index < -0.39 is 0 Å². The first kappa shape index (κ1) is 16.0. The van der Waals surface area contributed by atoms with Gasteiger partial charge < -0.3 is 5.73 Å². The van der Waals surface area contributed by atoms with Gasteiger partial charge in [0, 0.05) is 23.6 Å². The fraction of sp³-hybridized carbons (Fsp3) is 0.647. The number of rotatable bonds is 5. The lowest BCUT2D eigenvalue weighted by molar-refractivity contribution is 0.130. The number of hydrogen-bond acceptors (Lipinski definition) is 2. The highest BCUT2D eigenvalue weighted by Crippen LogP contribution is 2.32. The van der Waals surface area contributed by atoms with E-state index in [1.807, 2.05) is 0 Å². The molecular formula is C17H27BrN2. The molecule has 0 aliphatic heterocycles. The van der Waals surface area contributed by atoms with E-state index in [1.165, 1.54) is 31.2 Å². The zero-order valence-electron chi connectivity index (χ0n) is 12.7. The lowest BCUT2D eigenvalue weighted by Gasteiger charge is -2.37. The molecule has 1 aromatic rings. The van der Waals surface area contributed by atoms with Crippen molar-refractivity contribution in [1.29, 1.82) is 0 Å². The number of hydrogen-bond donors (Lipinski definition) is 1. The number of likely N-dealkylation sites (N-methyl/N-ethyl adjacent to an activating group) is 1. The van der Waals surface area contributed by atoms with Crippen molar-refractivity contribution in [3.63, 3.8) is 0 Å². The largest absolute Gasteiger partial charge is 0.329 e. The standard InChI is InChI=1S/C17H27BrN2/c1-13-3-7-15(8-4-13)17(11-19)20(2)12-14-5-9-16(18)10-6-14/h5-6,9-10,13,15,17H,3-4,7-8,11-12,19H2,1-2H3. The summed E-state index contributed by atoms with van der Waals surface area (Å²) in [6.45, 7) is 4.13. The third-order valence-corrected chi connectivity index (χ3v) is 5.29. The maximum Gasteiger partial charge on any atom is 0.0247 e. The molecule has 1 aromatic carbocycles. The van der Waals surface area contributed by atoms with Crippen LogP contribution in [0.5, 0.6) is 0 Å². The molecule has 1 unspecified atom stereocenters. The number of nitrogens with two attached hydrogens (primary N) is 1. The lowest BCUT2D eigenvalue weighted by Crippen LogP contribution is -2.44. The van der Waals surface area contributed by atoms with Gasteiger partial charge >= 0.3 is 0 Å². The normalized spacial score (nSPS) is 24.9. The van der Waals surface area contributed by atoms with Crippen LogP contribution in [0, 0.1) is 11.8 Å². The van der Waals surface area contributed by atoms with Crippen LogP contribution in [0.4, 0.5) is 0 Å². The summed E-state index contributed by atoms with van der Waals surface area (Å²) in [5, 5.41) is 0. The van der Waals surface area contributed by atoms with E-state index in [0.29, 0.717) is 6.04 Å². The monoisotopic (exact) mass is 338 g/mol. The van der Waals surface area contributed by atoms with E-state index in [1.54, 1.807) is 0 Å². The lowest BCUT2D eigenvalue weighted by atomic mass is 9.79. The van der Waals surface area contributed by atoms with Crippen LogP contribution in [-0.4, -0.2) is 24.5 Å². The first-order valence-corrected chi connectivity index (χ1v) is 8.54. The average Bonchev–Trinajstić information content (AvgIpc) is 2.44. The quantitative estimate of drug-likeness (QED) is 0.877. The molecule has 112 valence electrons. The van der Waals surface area contributed by atoms with Gasteiger partial charge in [-0.25, -0.2) is 0 Å². The van der Waals surface area contributed by atoms with Gasteiger partial charge in [-0.05, 0) is 49.4 Å². The number of benzene rings is 1. The van der Waals surface area contributed by atoms with Gasteiger partial charge in [-0.1, -0.05) is 47.8 Å². The Balaban J connectivity index is 1.94. The SMILES string of the molecule is CC1CCC(C(CN)N(C)Cc2ccc(Br)cc2)CC1. The molecule has 20 heavy (non-hydrogen) atoms. The van der Waals surface area contributed by atoms with Gasteiger partial charge in [-0.15, -0.1) is 0 Å². The molecule has 0 heterocycles. The Morgan fingerprint density at radius 2 is 1.80 bits per heavy atom. The Hall–Kier alpha value is -0.380. The third-order valence-electron chi connectivity index (χ3n) is 4.76. The van der Waals surface area contributed by atoms with Crippen molar-refractivity contribution in [2.24, 2.45) is 17.6 Å². The summed E-state index contributed by atoms with van der Waals surface area (Å²) < 4.78 is 1.14. The summed E-state index contributed by atoms with van der Waals surface area (Å²) in [4.78, 5) is 2.45. The number of nitrogens with zero attached hydrogens (tertiary/aromatic N) is 1. The fourth-order valence-electron chi connectivity index (χ4n) is 3.40. The van der Waals surface area contributed by atoms with E-state index >= 15 is 0 Å². The van der Waals surface area contributed by atoms with Crippen molar-refractivity contribution in [3.05, 3.63) is 34.3 Å². The zero-order chi connectivity index (χ0) is 14.5. The molecule has 1 fully saturated rings. The molecule has 0 saturated heterocycles. The van der Waals surface area contributed by atoms with Gasteiger partial charge in [-0.3, -0.25) is 4.90 Å². The summed E-state index contributed by atoms with van der Waals surface area (Å²) in [5.74, 6) is 1.68. The molecule has 1 atom stereocenters. The molecular weight excluding hydrogens is 312 g/mol. The van der Waals surface area contributed by atoms with Gasteiger partial charge in [0.1, 0.15) is 0 Å². The maximum atomic E-state index is 6.07. The first-order valence-electron chi connectivity index (χ1n) is 7.75. The third kappa shape index (κ3) is 4.31. The van der Waals surface area contributed by atoms with Crippen LogP contribution in [0.1, 0.15) is 38.2 Å². The number of halogens is 1. The van der Waals surface area contributed by atoms with Crippen molar-refractivity contribution in [1.82, 2.24) is 4.90 Å². The Bertz CT molecular complexity index is 396. The van der Waals surface area contributed by atoms with Crippen LogP contribution in [0.3, 0.4) is 0 Å². The van der Waals surface area contributed by atoms with Crippen molar-refractivity contribution >= 4 is 15.9 Å². The van der Waals surface area contributed by atoms with E-state index in [4.69, 9.17) is 5.73 Å². The molecule has 0 radical (unpaired) electrons. The molecule has 0 aromatic heterocycles. The summed E-state index contributed by atoms with van der Waals surface area (Å²) in [5.41, 5.74) is 7.43. The molecule has 1 saturated carbocycles. The van der Waals surface area contributed by atoms with Crippen LogP contribution in [-0.2, 0) is 6.54 Å². The predicted octanol–water partition coefficient (Wildman–Crippen LogP) is 4.03. The van der Waals surface area contributed by atoms with Gasteiger partial charge in [0.15, 0.2) is 0 Å². The van der Waals surface area contributed by atoms with E-state index in [2.05, 4.69) is 59.1 Å². The molecule has 0 amide bonds. The van der Waals surface area contributed by atoms with Gasteiger partial charge in [0.05, 0.1) is 0 Å². The first-order chi connectivity index (χ1) is 9.60. The molecule has 0 bridgehead atoms. The smallest absolute Gasteiger partial charge is 0.0247 e. The molecule has 3 heteroatoms. The second-order valence-electron chi connectivity index (χ2n) is 6.36. The Kier molecular flexibility index (Phi) is 6.06. The summed E-state index contributed by atoms with van der Waals surface area (Å²) in [6.07, 6.45) is 5.42. The van der Waals surface area contributed by atoms with Crippen LogP contribution in [0.25, 0.3) is 0 Å². The van der Waals surface area contributed by atoms with Crippen LogP contribution >= 0.6 is 15.9 Å².